The Kier molecular flexibility index (Phi) is 0.863. The average Bonchev–Trinajstić information content (AvgIpc) is 2.52. The summed E-state index contributed by atoms with van der Waals surface area (Å²) in [6, 6.07) is 1.93. The highest BCUT2D eigenvalue weighted by Gasteiger charge is 2.73. The van der Waals surface area contributed by atoms with Crippen LogP contribution in [0.2, 0.25) is 0 Å². The Morgan fingerprint density at radius 1 is 1.42 bits per heavy atom. The maximum atomic E-state index is 3.88. The van der Waals surface area contributed by atoms with Crippen molar-refractivity contribution in [2.24, 2.45) is 23.2 Å². The van der Waals surface area contributed by atoms with Crippen molar-refractivity contribution >= 4 is 0 Å². The monoisotopic (exact) mass is 163 g/mol. The summed E-state index contributed by atoms with van der Waals surface area (Å²) in [5.74, 6) is 3.35. The van der Waals surface area contributed by atoms with Crippen LogP contribution in [0, 0.1) is 23.2 Å². The first kappa shape index (κ1) is 6.42. The second-order valence-electron chi connectivity index (χ2n) is 5.53. The molecular formula is C11H17N. The minimum Gasteiger partial charge on any atom is -0.310 e. The van der Waals surface area contributed by atoms with Gasteiger partial charge >= 0.3 is 0 Å². The largest absolute Gasteiger partial charge is 0.310 e. The van der Waals surface area contributed by atoms with E-state index in [2.05, 4.69) is 12.2 Å². The third-order valence-corrected chi connectivity index (χ3v) is 5.51. The van der Waals surface area contributed by atoms with E-state index in [0.717, 1.165) is 35.3 Å². The summed E-state index contributed by atoms with van der Waals surface area (Å²) in [4.78, 5) is 0. The van der Waals surface area contributed by atoms with Gasteiger partial charge in [0, 0.05) is 12.1 Å². The van der Waals surface area contributed by atoms with E-state index in [1.54, 1.807) is 12.8 Å². The van der Waals surface area contributed by atoms with Crippen molar-refractivity contribution in [3.8, 4) is 0 Å². The van der Waals surface area contributed by atoms with Gasteiger partial charge in [-0.3, -0.25) is 0 Å². The molecule has 0 amide bonds. The fourth-order valence-electron chi connectivity index (χ4n) is 4.87. The van der Waals surface area contributed by atoms with Gasteiger partial charge in [0.25, 0.3) is 0 Å². The number of rotatable bonds is 1. The molecule has 0 aromatic carbocycles. The fraction of sp³-hybridized carbons (Fsp3) is 1.00. The third-order valence-electron chi connectivity index (χ3n) is 5.51. The van der Waals surface area contributed by atoms with Crippen LogP contribution in [0.3, 0.4) is 0 Å². The molecule has 5 aliphatic rings. The molecule has 5 fully saturated rings. The highest BCUT2D eigenvalue weighted by Crippen LogP contribution is 2.70. The molecule has 2 heterocycles. The zero-order valence-corrected chi connectivity index (χ0v) is 7.72. The first-order valence-electron chi connectivity index (χ1n) is 5.62. The minimum atomic E-state index is 0.763. The number of hydrogen-bond donors (Lipinski definition) is 1. The van der Waals surface area contributed by atoms with Crippen molar-refractivity contribution in [3.05, 3.63) is 0 Å². The highest BCUT2D eigenvalue weighted by molar-refractivity contribution is 5.27. The van der Waals surface area contributed by atoms with Gasteiger partial charge in [-0.05, 0) is 48.9 Å². The molecule has 6 atom stereocenters. The van der Waals surface area contributed by atoms with E-state index in [1.807, 2.05) is 0 Å². The number of hydrogen-bond acceptors (Lipinski definition) is 1. The summed E-state index contributed by atoms with van der Waals surface area (Å²) >= 11 is 0. The normalized spacial score (nSPS) is 70.2. The topological polar surface area (TPSA) is 12.0 Å². The molecule has 0 radical (unpaired) electrons. The van der Waals surface area contributed by atoms with Gasteiger partial charge in [-0.2, -0.15) is 0 Å². The third kappa shape index (κ3) is 0.454. The molecule has 66 valence electrons. The predicted molar refractivity (Wildman–Crippen MR) is 47.8 cm³/mol. The Bertz CT molecular complexity index is 249. The SMILES string of the molecule is CCC12CC[C@H]3C1NC1C(C2)[C@H]13. The molecule has 4 unspecified atom stereocenters. The molecule has 3 saturated carbocycles. The maximum Gasteiger partial charge on any atom is 0.0158 e. The van der Waals surface area contributed by atoms with Crippen LogP contribution in [0.5, 0.6) is 0 Å². The molecule has 2 aliphatic heterocycles. The van der Waals surface area contributed by atoms with Crippen LogP contribution in [-0.2, 0) is 0 Å². The van der Waals surface area contributed by atoms with E-state index in [9.17, 15) is 0 Å². The van der Waals surface area contributed by atoms with Gasteiger partial charge in [0.15, 0.2) is 0 Å². The summed E-state index contributed by atoms with van der Waals surface area (Å²) in [6.07, 6.45) is 6.08. The Morgan fingerprint density at radius 3 is 3.08 bits per heavy atom. The Balaban J connectivity index is 1.83. The lowest BCUT2D eigenvalue weighted by Crippen LogP contribution is -2.48. The van der Waals surface area contributed by atoms with Gasteiger partial charge in [-0.15, -0.1) is 0 Å². The van der Waals surface area contributed by atoms with Gasteiger partial charge in [0.05, 0.1) is 0 Å². The van der Waals surface area contributed by atoms with Crippen molar-refractivity contribution in [1.82, 2.24) is 5.32 Å². The lowest BCUT2D eigenvalue weighted by Gasteiger charge is -2.41. The van der Waals surface area contributed by atoms with Crippen molar-refractivity contribution in [1.29, 1.82) is 0 Å². The average molecular weight is 163 g/mol. The Morgan fingerprint density at radius 2 is 2.33 bits per heavy atom. The minimum absolute atomic E-state index is 0.763. The molecular weight excluding hydrogens is 146 g/mol. The molecule has 0 aromatic rings. The van der Waals surface area contributed by atoms with E-state index < -0.39 is 0 Å². The van der Waals surface area contributed by atoms with E-state index in [-0.39, 0.29) is 0 Å². The zero-order chi connectivity index (χ0) is 7.92. The summed E-state index contributed by atoms with van der Waals surface area (Å²) in [5, 5.41) is 3.88. The molecule has 6 bridgehead atoms. The van der Waals surface area contributed by atoms with Crippen LogP contribution in [0.15, 0.2) is 0 Å². The molecule has 2 saturated heterocycles. The van der Waals surface area contributed by atoms with Gasteiger partial charge in [0.1, 0.15) is 0 Å². The van der Waals surface area contributed by atoms with Crippen LogP contribution in [0.25, 0.3) is 0 Å². The van der Waals surface area contributed by atoms with Crippen LogP contribution in [-0.4, -0.2) is 12.1 Å². The first-order valence-corrected chi connectivity index (χ1v) is 5.62. The maximum absolute atomic E-state index is 3.88. The van der Waals surface area contributed by atoms with Gasteiger partial charge in [-0.1, -0.05) is 6.92 Å². The second-order valence-corrected chi connectivity index (χ2v) is 5.53. The zero-order valence-electron chi connectivity index (χ0n) is 7.72. The van der Waals surface area contributed by atoms with Gasteiger partial charge in [0.2, 0.25) is 0 Å². The lowest BCUT2D eigenvalue weighted by molar-refractivity contribution is 0.119. The molecule has 0 spiro atoms. The molecule has 5 rings (SSSR count). The standard InChI is InChI=1S/C11H17N/c1-2-11-4-3-6-8-7(5-11)9(8)12-10(6)11/h6-10,12H,2-5H2,1H3/t6-,7?,8-,9?,10?,11?/m1/s1. The predicted octanol–water partition coefficient (Wildman–Crippen LogP) is 1.78. The fourth-order valence-corrected chi connectivity index (χ4v) is 4.87. The molecule has 1 N–H and O–H groups in total. The van der Waals surface area contributed by atoms with E-state index in [4.69, 9.17) is 0 Å². The molecule has 1 heteroatoms. The quantitative estimate of drug-likeness (QED) is 0.621. The van der Waals surface area contributed by atoms with Gasteiger partial charge < -0.3 is 5.32 Å². The second kappa shape index (κ2) is 1.61. The summed E-state index contributed by atoms with van der Waals surface area (Å²) in [6.45, 7) is 2.40. The number of piperidine rings is 2. The van der Waals surface area contributed by atoms with Crippen molar-refractivity contribution < 1.29 is 0 Å². The van der Waals surface area contributed by atoms with Crippen LogP contribution in [0.4, 0.5) is 0 Å². The molecule has 1 nitrogen and oxygen atoms in total. The van der Waals surface area contributed by atoms with Crippen LogP contribution < -0.4 is 5.32 Å². The van der Waals surface area contributed by atoms with E-state index >= 15 is 0 Å². The lowest BCUT2D eigenvalue weighted by atomic mass is 9.69. The van der Waals surface area contributed by atoms with E-state index in [0.29, 0.717) is 0 Å². The summed E-state index contributed by atoms with van der Waals surface area (Å²) in [7, 11) is 0. The van der Waals surface area contributed by atoms with Crippen LogP contribution in [0.1, 0.15) is 32.6 Å². The smallest absolute Gasteiger partial charge is 0.0158 e. The molecule has 3 aliphatic carbocycles. The Hall–Kier alpha value is -0.0400. The summed E-state index contributed by atoms with van der Waals surface area (Å²) in [5.41, 5.74) is 0.763. The highest BCUT2D eigenvalue weighted by atomic mass is 15.1. The van der Waals surface area contributed by atoms with Crippen molar-refractivity contribution in [2.75, 3.05) is 0 Å². The Labute approximate surface area is 73.9 Å². The first-order chi connectivity index (χ1) is 5.86. The molecule has 12 heavy (non-hydrogen) atoms. The summed E-state index contributed by atoms with van der Waals surface area (Å²) < 4.78 is 0. The molecule has 0 aromatic heterocycles. The van der Waals surface area contributed by atoms with Gasteiger partial charge in [-0.25, -0.2) is 0 Å². The number of nitrogens with one attached hydrogen (secondary N) is 1. The van der Waals surface area contributed by atoms with E-state index in [1.165, 1.54) is 12.8 Å². The van der Waals surface area contributed by atoms with Crippen LogP contribution >= 0.6 is 0 Å². The van der Waals surface area contributed by atoms with Crippen molar-refractivity contribution in [3.63, 3.8) is 0 Å². The van der Waals surface area contributed by atoms with Crippen molar-refractivity contribution in [2.45, 2.75) is 44.7 Å².